The number of nitrogen functional groups attached to an aromatic ring is 1. The van der Waals surface area contributed by atoms with E-state index < -0.39 is 5.82 Å². The van der Waals surface area contributed by atoms with E-state index in [-0.39, 0.29) is 40.5 Å². The van der Waals surface area contributed by atoms with Gasteiger partial charge in [-0.15, -0.1) is 11.3 Å². The molecule has 6 rings (SSSR count). The summed E-state index contributed by atoms with van der Waals surface area (Å²) in [4.78, 5) is 23.3. The summed E-state index contributed by atoms with van der Waals surface area (Å²) in [6.45, 7) is 3.93. The van der Waals surface area contributed by atoms with E-state index in [1.165, 1.54) is 29.8 Å². The lowest BCUT2D eigenvalue weighted by molar-refractivity contribution is 0.287. The molecular weight excluding hydrogens is 539 g/mol. The predicted molar refractivity (Wildman–Crippen MR) is 161 cm³/mol. The fraction of sp³-hybridized carbons (Fsp3) is 0.226. The van der Waals surface area contributed by atoms with Crippen LogP contribution < -0.4 is 21.3 Å². The molecule has 0 unspecified atom stereocenters. The number of fused-ring (bicyclic) bond motifs is 1. The Morgan fingerprint density at radius 2 is 2.00 bits per heavy atom. The van der Waals surface area contributed by atoms with Gasteiger partial charge in [0.05, 0.1) is 29.0 Å². The van der Waals surface area contributed by atoms with Gasteiger partial charge in [0.15, 0.2) is 11.6 Å². The van der Waals surface area contributed by atoms with Crippen molar-refractivity contribution in [3.63, 3.8) is 0 Å². The molecule has 2 aromatic carbocycles. The summed E-state index contributed by atoms with van der Waals surface area (Å²) in [6, 6.07) is 15.7. The number of anilines is 2. The predicted octanol–water partition coefficient (Wildman–Crippen LogP) is 6.37. The molecule has 3 aromatic heterocycles. The Hall–Kier alpha value is -4.57. The van der Waals surface area contributed by atoms with Crippen molar-refractivity contribution in [2.24, 2.45) is 0 Å². The minimum Gasteiger partial charge on any atom is -0.487 e. The first-order valence-corrected chi connectivity index (χ1v) is 14.3. The lowest BCUT2D eigenvalue weighted by atomic mass is 9.94. The first kappa shape index (κ1) is 26.6. The van der Waals surface area contributed by atoms with E-state index in [9.17, 15) is 9.18 Å². The van der Waals surface area contributed by atoms with Gasteiger partial charge in [-0.1, -0.05) is 37.3 Å². The number of nitrogens with two attached hydrogens (primary N) is 1. The number of aryl methyl sites for hydroxylation is 1. The van der Waals surface area contributed by atoms with Crippen LogP contribution in [0.5, 0.6) is 5.75 Å². The monoisotopic (exact) mass is 568 g/mol. The minimum atomic E-state index is -0.539. The number of halogens is 1. The van der Waals surface area contributed by atoms with Crippen LogP contribution in [0.3, 0.4) is 0 Å². The van der Waals surface area contributed by atoms with Crippen molar-refractivity contribution in [3.05, 3.63) is 105 Å². The Balaban J connectivity index is 1.42. The van der Waals surface area contributed by atoms with Gasteiger partial charge in [0, 0.05) is 16.6 Å². The second-order valence-corrected chi connectivity index (χ2v) is 11.0. The van der Waals surface area contributed by atoms with Crippen molar-refractivity contribution < 1.29 is 9.13 Å². The van der Waals surface area contributed by atoms with Gasteiger partial charge < -0.3 is 15.8 Å². The molecule has 0 amide bonds. The summed E-state index contributed by atoms with van der Waals surface area (Å²) in [7, 11) is 0. The van der Waals surface area contributed by atoms with Crippen molar-refractivity contribution in [3.8, 4) is 16.9 Å². The normalized spacial score (nSPS) is 13.7. The van der Waals surface area contributed by atoms with E-state index in [0.29, 0.717) is 23.4 Å². The third kappa shape index (κ3) is 5.06. The second-order valence-electron chi connectivity index (χ2n) is 10.1. The van der Waals surface area contributed by atoms with Crippen molar-refractivity contribution >= 4 is 33.5 Å². The summed E-state index contributed by atoms with van der Waals surface area (Å²) >= 11 is 1.51. The number of ether oxygens (including phenoxy) is 1. The van der Waals surface area contributed by atoms with Gasteiger partial charge in [0.1, 0.15) is 22.8 Å². The van der Waals surface area contributed by atoms with Gasteiger partial charge in [-0.05, 0) is 61.6 Å². The number of nitrogens with zero attached hydrogens (tertiary/aromatic N) is 3. The SMILES string of the molecule is CC[C@H](Nc1ncnc(N)c1C(=N)c1ccc(OC2CC2)c(F)c1)c1cc2scc(C)n2c(=O)c1-c1ccccc1. The molecule has 1 fully saturated rings. The zero-order valence-corrected chi connectivity index (χ0v) is 23.5. The van der Waals surface area contributed by atoms with Crippen molar-refractivity contribution in [1.29, 1.82) is 5.41 Å². The number of benzene rings is 2. The second kappa shape index (κ2) is 10.8. The van der Waals surface area contributed by atoms with E-state index in [2.05, 4.69) is 15.3 Å². The number of hydrogen-bond donors (Lipinski definition) is 3. The highest BCUT2D eigenvalue weighted by Gasteiger charge is 2.26. The highest BCUT2D eigenvalue weighted by atomic mass is 32.1. The molecule has 0 radical (unpaired) electrons. The lowest BCUT2D eigenvalue weighted by Crippen LogP contribution is -2.23. The van der Waals surface area contributed by atoms with Crippen LogP contribution >= 0.6 is 11.3 Å². The topological polar surface area (TPSA) is 118 Å². The smallest absolute Gasteiger partial charge is 0.264 e. The lowest BCUT2D eigenvalue weighted by Gasteiger charge is -2.23. The van der Waals surface area contributed by atoms with Crippen LogP contribution in [0.2, 0.25) is 0 Å². The molecule has 0 aliphatic heterocycles. The quantitative estimate of drug-likeness (QED) is 0.178. The zero-order valence-electron chi connectivity index (χ0n) is 22.6. The van der Waals surface area contributed by atoms with E-state index in [4.69, 9.17) is 15.9 Å². The molecule has 1 aliphatic rings. The van der Waals surface area contributed by atoms with Crippen molar-refractivity contribution in [2.75, 3.05) is 11.1 Å². The van der Waals surface area contributed by atoms with Gasteiger partial charge >= 0.3 is 0 Å². The van der Waals surface area contributed by atoms with Gasteiger partial charge in [0.2, 0.25) is 0 Å². The van der Waals surface area contributed by atoms with Gasteiger partial charge in [0.25, 0.3) is 5.56 Å². The molecule has 5 aromatic rings. The third-order valence-electron chi connectivity index (χ3n) is 7.23. The summed E-state index contributed by atoms with van der Waals surface area (Å²) in [6.07, 6.45) is 3.83. The van der Waals surface area contributed by atoms with Crippen molar-refractivity contribution in [1.82, 2.24) is 14.4 Å². The van der Waals surface area contributed by atoms with E-state index in [1.54, 1.807) is 10.5 Å². The number of thiazole rings is 1. The fourth-order valence-electron chi connectivity index (χ4n) is 4.98. The number of pyridine rings is 1. The number of hydrogen-bond acceptors (Lipinski definition) is 8. The third-order valence-corrected chi connectivity index (χ3v) is 8.23. The summed E-state index contributed by atoms with van der Waals surface area (Å²) < 4.78 is 22.2. The average molecular weight is 569 g/mol. The molecule has 4 N–H and O–H groups in total. The maximum atomic E-state index is 14.8. The van der Waals surface area contributed by atoms with Gasteiger partial charge in [-0.25, -0.2) is 14.4 Å². The standard InChI is InChI=1S/C31H29FN6O2S/c1-3-23(21-14-25-38(17(2)15-41-25)31(39)26(21)18-7-5-4-6-8-18)37-30-27(29(34)35-16-36-30)28(33)19-9-12-24(22(32)13-19)40-20-10-11-20/h4-9,12-16,20,23,33H,3,10-11H2,1-2H3,(H3,34,35,36,37)/t23-/m0/s1. The van der Waals surface area contributed by atoms with E-state index >= 15 is 0 Å². The average Bonchev–Trinajstić information content (AvgIpc) is 3.72. The largest absolute Gasteiger partial charge is 0.487 e. The Bertz CT molecular complexity index is 1830. The van der Waals surface area contributed by atoms with Gasteiger partial charge in [-0.3, -0.25) is 14.6 Å². The molecule has 0 bridgehead atoms. The molecule has 1 saturated carbocycles. The maximum Gasteiger partial charge on any atom is 0.264 e. The fourth-order valence-corrected chi connectivity index (χ4v) is 5.90. The molecule has 1 atom stereocenters. The zero-order chi connectivity index (χ0) is 28.7. The molecule has 10 heteroatoms. The number of nitrogens with one attached hydrogen (secondary N) is 2. The van der Waals surface area contributed by atoms with Crippen LogP contribution in [0.4, 0.5) is 16.0 Å². The molecule has 0 saturated heterocycles. The van der Waals surface area contributed by atoms with Crippen LogP contribution in [-0.2, 0) is 0 Å². The first-order valence-electron chi connectivity index (χ1n) is 13.5. The molecular formula is C31H29FN6O2S. The number of rotatable bonds is 9. The molecule has 208 valence electrons. The van der Waals surface area contributed by atoms with Crippen LogP contribution in [0.25, 0.3) is 16.0 Å². The molecule has 1 aliphatic carbocycles. The Morgan fingerprint density at radius 3 is 2.71 bits per heavy atom. The van der Waals surface area contributed by atoms with Crippen LogP contribution in [0, 0.1) is 18.2 Å². The summed E-state index contributed by atoms with van der Waals surface area (Å²) in [5.41, 5.74) is 9.83. The minimum absolute atomic E-state index is 0.0231. The molecule has 41 heavy (non-hydrogen) atoms. The van der Waals surface area contributed by atoms with Crippen LogP contribution in [0.15, 0.2) is 71.1 Å². The van der Waals surface area contributed by atoms with Crippen LogP contribution in [-0.4, -0.2) is 26.2 Å². The summed E-state index contributed by atoms with van der Waals surface area (Å²) in [5.74, 6) is 0.0519. The Labute approximate surface area is 240 Å². The first-order chi connectivity index (χ1) is 19.9. The molecule has 8 nitrogen and oxygen atoms in total. The van der Waals surface area contributed by atoms with Gasteiger partial charge in [-0.2, -0.15) is 0 Å². The van der Waals surface area contributed by atoms with Crippen LogP contribution in [0.1, 0.15) is 54.6 Å². The Kier molecular flexibility index (Phi) is 7.00. The highest BCUT2D eigenvalue weighted by Crippen LogP contribution is 2.34. The number of aromatic nitrogens is 3. The van der Waals surface area contributed by atoms with E-state index in [1.807, 2.05) is 55.6 Å². The Morgan fingerprint density at radius 1 is 1.22 bits per heavy atom. The maximum absolute atomic E-state index is 14.8. The summed E-state index contributed by atoms with van der Waals surface area (Å²) in [5, 5.41) is 14.3. The highest BCUT2D eigenvalue weighted by molar-refractivity contribution is 7.15. The molecule has 3 heterocycles. The molecule has 0 spiro atoms. The van der Waals surface area contributed by atoms with E-state index in [0.717, 1.165) is 34.5 Å². The van der Waals surface area contributed by atoms with Crippen molar-refractivity contribution in [2.45, 2.75) is 45.3 Å².